The van der Waals surface area contributed by atoms with E-state index in [0.717, 1.165) is 11.1 Å². The van der Waals surface area contributed by atoms with E-state index in [1.54, 1.807) is 41.3 Å². The molecule has 0 radical (unpaired) electrons. The van der Waals surface area contributed by atoms with Gasteiger partial charge in [0.25, 0.3) is 0 Å². The van der Waals surface area contributed by atoms with Crippen molar-refractivity contribution >= 4 is 49.1 Å². The average Bonchev–Trinajstić information content (AvgIpc) is 2.88. The number of hydrogen-bond donors (Lipinski definition) is 1. The topological polar surface area (TPSA) is 66.5 Å². The van der Waals surface area contributed by atoms with Crippen LogP contribution in [0.2, 0.25) is 5.02 Å². The summed E-state index contributed by atoms with van der Waals surface area (Å²) < 4.78 is 28.6. The third-order valence-corrected chi connectivity index (χ3v) is 6.97. The van der Waals surface area contributed by atoms with Crippen molar-refractivity contribution in [2.45, 2.75) is 37.8 Å². The first-order valence-electron chi connectivity index (χ1n) is 8.05. The number of halogens is 2. The number of hydrogen-bond acceptors (Lipinski definition) is 3. The molecule has 0 fully saturated rings. The molecule has 2 aromatic carbocycles. The van der Waals surface area contributed by atoms with Gasteiger partial charge in [-0.05, 0) is 64.7 Å². The molecule has 0 spiro atoms. The van der Waals surface area contributed by atoms with Crippen LogP contribution in [0.1, 0.15) is 25.0 Å². The van der Waals surface area contributed by atoms with Crippen LogP contribution in [0.3, 0.4) is 0 Å². The molecule has 0 saturated heterocycles. The molecule has 26 heavy (non-hydrogen) atoms. The lowest BCUT2D eigenvalue weighted by Crippen LogP contribution is -2.33. The molecule has 1 aliphatic rings. The monoisotopic (exact) mass is 456 g/mol. The Morgan fingerprint density at radius 1 is 1.31 bits per heavy atom. The lowest BCUT2D eigenvalue weighted by molar-refractivity contribution is -0.116. The highest BCUT2D eigenvalue weighted by Gasteiger charge is 2.31. The molecule has 8 heteroatoms. The zero-order chi connectivity index (χ0) is 19.1. The summed E-state index contributed by atoms with van der Waals surface area (Å²) in [5.41, 5.74) is 2.41. The van der Waals surface area contributed by atoms with Gasteiger partial charge in [0.2, 0.25) is 15.9 Å². The molecular formula is C18H18BrClN2O3S. The van der Waals surface area contributed by atoms with Gasteiger partial charge < -0.3 is 4.90 Å². The highest BCUT2D eigenvalue weighted by molar-refractivity contribution is 9.10. The van der Waals surface area contributed by atoms with Gasteiger partial charge in [0.05, 0.1) is 4.90 Å². The van der Waals surface area contributed by atoms with Crippen LogP contribution >= 0.6 is 27.5 Å². The minimum atomic E-state index is -3.76. The fourth-order valence-corrected chi connectivity index (χ4v) is 5.41. The van der Waals surface area contributed by atoms with Crippen molar-refractivity contribution < 1.29 is 13.2 Å². The quantitative estimate of drug-likeness (QED) is 0.758. The number of nitrogens with one attached hydrogen (secondary N) is 1. The van der Waals surface area contributed by atoms with E-state index in [4.69, 9.17) is 11.6 Å². The van der Waals surface area contributed by atoms with Gasteiger partial charge in [-0.25, -0.2) is 13.1 Å². The summed E-state index contributed by atoms with van der Waals surface area (Å²) in [6.45, 7) is 3.58. The van der Waals surface area contributed by atoms with E-state index in [1.165, 1.54) is 6.92 Å². The van der Waals surface area contributed by atoms with E-state index in [2.05, 4.69) is 20.7 Å². The van der Waals surface area contributed by atoms with Crippen molar-refractivity contribution in [2.75, 3.05) is 4.90 Å². The maximum atomic E-state index is 12.8. The molecule has 3 rings (SSSR count). The minimum Gasteiger partial charge on any atom is -0.309 e. The molecule has 1 amide bonds. The highest BCUT2D eigenvalue weighted by atomic mass is 79.9. The number of sulfonamides is 1. The van der Waals surface area contributed by atoms with Crippen LogP contribution in [-0.4, -0.2) is 20.4 Å². The van der Waals surface area contributed by atoms with Crippen LogP contribution in [0, 0.1) is 0 Å². The van der Waals surface area contributed by atoms with Gasteiger partial charge in [0.15, 0.2) is 0 Å². The summed E-state index contributed by atoms with van der Waals surface area (Å²) in [6.07, 6.45) is 0.700. The molecule has 0 aromatic heterocycles. The van der Waals surface area contributed by atoms with Crippen molar-refractivity contribution in [3.63, 3.8) is 0 Å². The summed E-state index contributed by atoms with van der Waals surface area (Å²) in [5, 5.41) is 0.594. The van der Waals surface area contributed by atoms with Crippen LogP contribution in [0.25, 0.3) is 0 Å². The largest absolute Gasteiger partial charge is 0.309 e. The van der Waals surface area contributed by atoms with Gasteiger partial charge in [-0.15, -0.1) is 0 Å². The van der Waals surface area contributed by atoms with Crippen molar-refractivity contribution in [2.24, 2.45) is 0 Å². The third kappa shape index (κ3) is 3.81. The Labute approximate surface area is 166 Å². The van der Waals surface area contributed by atoms with E-state index >= 15 is 0 Å². The summed E-state index contributed by atoms with van der Waals surface area (Å²) in [5.74, 6) is -0.101. The van der Waals surface area contributed by atoms with Crippen LogP contribution in [0.4, 0.5) is 5.69 Å². The Bertz CT molecular complexity index is 961. The summed E-state index contributed by atoms with van der Waals surface area (Å²) in [7, 11) is -3.76. The molecule has 0 unspecified atom stereocenters. The zero-order valence-corrected chi connectivity index (χ0v) is 17.5. The zero-order valence-electron chi connectivity index (χ0n) is 14.3. The Hall–Kier alpha value is -1.41. The average molecular weight is 458 g/mol. The molecular weight excluding hydrogens is 440 g/mol. The normalized spacial score (nSPS) is 16.6. The van der Waals surface area contributed by atoms with Crippen LogP contribution in [-0.2, 0) is 27.8 Å². The molecule has 1 heterocycles. The smallest absolute Gasteiger partial charge is 0.242 e. The molecule has 138 valence electrons. The summed E-state index contributed by atoms with van der Waals surface area (Å²) >= 11 is 9.20. The van der Waals surface area contributed by atoms with E-state index in [1.807, 2.05) is 6.92 Å². The van der Waals surface area contributed by atoms with Gasteiger partial charge >= 0.3 is 0 Å². The predicted molar refractivity (Wildman–Crippen MR) is 106 cm³/mol. The fraction of sp³-hybridized carbons (Fsp3) is 0.278. The molecule has 1 atom stereocenters. The van der Waals surface area contributed by atoms with Gasteiger partial charge in [-0.3, -0.25) is 4.79 Å². The lowest BCUT2D eigenvalue weighted by atomic mass is 10.1. The first-order chi connectivity index (χ1) is 12.2. The van der Waals surface area contributed by atoms with Crippen LogP contribution in [0.5, 0.6) is 0 Å². The molecule has 0 bridgehead atoms. The van der Waals surface area contributed by atoms with E-state index < -0.39 is 10.0 Å². The van der Waals surface area contributed by atoms with E-state index in [-0.39, 0.29) is 23.4 Å². The Morgan fingerprint density at radius 2 is 1.96 bits per heavy atom. The maximum Gasteiger partial charge on any atom is 0.242 e. The van der Waals surface area contributed by atoms with Crippen LogP contribution in [0.15, 0.2) is 45.8 Å². The van der Waals surface area contributed by atoms with Crippen molar-refractivity contribution in [1.29, 1.82) is 0 Å². The predicted octanol–water partition coefficient (Wildman–Crippen LogP) is 3.88. The number of nitrogens with zero attached hydrogens (tertiary/aromatic N) is 1. The minimum absolute atomic E-state index is 0.00869. The first kappa shape index (κ1) is 19.4. The fourth-order valence-electron chi connectivity index (χ4n) is 3.16. The number of carbonyl (C=O) groups excluding carboxylic acids is 1. The van der Waals surface area contributed by atoms with Gasteiger partial charge in [0.1, 0.15) is 0 Å². The van der Waals surface area contributed by atoms with E-state index in [0.29, 0.717) is 21.6 Å². The highest BCUT2D eigenvalue weighted by Crippen LogP contribution is 2.37. The summed E-state index contributed by atoms with van der Waals surface area (Å²) in [4.78, 5) is 13.7. The van der Waals surface area contributed by atoms with Crippen molar-refractivity contribution in [3.8, 4) is 0 Å². The second kappa shape index (κ2) is 7.31. The Balaban J connectivity index is 1.90. The molecule has 0 aliphatic carbocycles. The van der Waals surface area contributed by atoms with Crippen molar-refractivity contribution in [1.82, 2.24) is 4.72 Å². The number of anilines is 1. The van der Waals surface area contributed by atoms with Gasteiger partial charge in [-0.1, -0.05) is 23.7 Å². The Kier molecular flexibility index (Phi) is 5.44. The lowest BCUT2D eigenvalue weighted by Gasteiger charge is -2.21. The molecule has 2 aromatic rings. The maximum absolute atomic E-state index is 12.8. The third-order valence-electron chi connectivity index (χ3n) is 4.36. The van der Waals surface area contributed by atoms with Gasteiger partial charge in [-0.2, -0.15) is 0 Å². The Morgan fingerprint density at radius 3 is 2.58 bits per heavy atom. The second-order valence-electron chi connectivity index (χ2n) is 6.30. The first-order valence-corrected chi connectivity index (χ1v) is 10.7. The second-order valence-corrected chi connectivity index (χ2v) is 9.33. The number of rotatable bonds is 4. The van der Waals surface area contributed by atoms with Crippen LogP contribution < -0.4 is 9.62 Å². The molecule has 0 saturated carbocycles. The van der Waals surface area contributed by atoms with Gasteiger partial charge in [0, 0.05) is 34.7 Å². The van der Waals surface area contributed by atoms with Crippen molar-refractivity contribution in [3.05, 3.63) is 57.0 Å². The summed E-state index contributed by atoms with van der Waals surface area (Å²) in [6, 6.07) is 10.3. The SMILES string of the molecule is CC(=O)N1c2cc(S(=O)(=O)NCc3ccc(Cl)cc3)c(Br)cc2C[C@@H]1C. The number of benzene rings is 2. The molecule has 5 nitrogen and oxygen atoms in total. The molecule has 1 N–H and O–H groups in total. The standard InChI is InChI=1S/C18H18BrClN2O3S/c1-11-7-14-8-16(19)18(9-17(14)22(11)12(2)23)26(24,25)21-10-13-3-5-15(20)6-4-13/h3-6,8-9,11,21H,7,10H2,1-2H3/t11-/m0/s1. The number of carbonyl (C=O) groups is 1. The number of fused-ring (bicyclic) bond motifs is 1. The van der Waals surface area contributed by atoms with E-state index in [9.17, 15) is 13.2 Å². The number of amides is 1. The molecule has 1 aliphatic heterocycles.